The third kappa shape index (κ3) is 3.81. The number of aliphatic hydroxyl groups excluding tert-OH is 1. The summed E-state index contributed by atoms with van der Waals surface area (Å²) < 4.78 is 11.0. The van der Waals surface area contributed by atoms with Crippen LogP contribution in [-0.4, -0.2) is 24.2 Å². The summed E-state index contributed by atoms with van der Waals surface area (Å²) in [4.78, 5) is 12.8. The van der Waals surface area contributed by atoms with E-state index in [1.165, 1.54) is 0 Å². The molecule has 3 aromatic rings. The number of hydrogen-bond donors (Lipinski definition) is 2. The van der Waals surface area contributed by atoms with Crippen molar-refractivity contribution in [3.63, 3.8) is 0 Å². The smallest absolute Gasteiger partial charge is 0.255 e. The van der Waals surface area contributed by atoms with Crippen LogP contribution in [0.2, 0.25) is 5.02 Å². The molecule has 5 nitrogen and oxygen atoms in total. The molecule has 0 fully saturated rings. The number of halogens is 1. The van der Waals surface area contributed by atoms with Crippen LogP contribution in [-0.2, 0) is 0 Å². The summed E-state index contributed by atoms with van der Waals surface area (Å²) in [7, 11) is 0. The number of benzene rings is 3. The molecule has 142 valence electrons. The molecule has 0 bridgehead atoms. The van der Waals surface area contributed by atoms with Gasteiger partial charge in [-0.3, -0.25) is 4.79 Å². The normalized spacial score (nSPS) is 13.6. The summed E-state index contributed by atoms with van der Waals surface area (Å²) in [5.41, 5.74) is 2.14. The molecule has 0 aliphatic carbocycles. The van der Waals surface area contributed by atoms with Crippen molar-refractivity contribution in [2.24, 2.45) is 0 Å². The second kappa shape index (κ2) is 7.92. The van der Waals surface area contributed by atoms with Crippen molar-refractivity contribution in [1.82, 2.24) is 0 Å². The Morgan fingerprint density at radius 2 is 1.71 bits per heavy atom. The van der Waals surface area contributed by atoms with Gasteiger partial charge in [-0.1, -0.05) is 41.9 Å². The lowest BCUT2D eigenvalue weighted by Gasteiger charge is -2.19. The molecule has 0 saturated carbocycles. The molecule has 4 rings (SSSR count). The first-order valence-corrected chi connectivity index (χ1v) is 9.23. The zero-order valence-corrected chi connectivity index (χ0v) is 15.6. The van der Waals surface area contributed by atoms with Gasteiger partial charge in [0.15, 0.2) is 11.5 Å². The Morgan fingerprint density at radius 3 is 2.50 bits per heavy atom. The summed E-state index contributed by atoms with van der Waals surface area (Å²) in [6.45, 7) is 0.937. The van der Waals surface area contributed by atoms with E-state index in [2.05, 4.69) is 5.32 Å². The molecule has 0 unspecified atom stereocenters. The molecule has 2 N–H and O–H groups in total. The Labute approximate surface area is 167 Å². The molecule has 0 radical (unpaired) electrons. The van der Waals surface area contributed by atoms with E-state index in [9.17, 15) is 9.90 Å². The molecule has 6 heteroatoms. The van der Waals surface area contributed by atoms with Gasteiger partial charge in [-0.05, 0) is 42.0 Å². The molecule has 1 heterocycles. The first-order chi connectivity index (χ1) is 13.6. The van der Waals surface area contributed by atoms with E-state index in [0.717, 1.165) is 0 Å². The molecular weight excluding hydrogens is 378 g/mol. The van der Waals surface area contributed by atoms with Gasteiger partial charge < -0.3 is 19.9 Å². The fraction of sp³-hybridized carbons (Fsp3) is 0.136. The zero-order chi connectivity index (χ0) is 19.5. The summed E-state index contributed by atoms with van der Waals surface area (Å²) in [6.07, 6.45) is -0.921. The maximum Gasteiger partial charge on any atom is 0.255 e. The molecule has 1 atom stereocenters. The van der Waals surface area contributed by atoms with Crippen LogP contribution in [0.3, 0.4) is 0 Å². The van der Waals surface area contributed by atoms with E-state index >= 15 is 0 Å². The number of amides is 1. The highest BCUT2D eigenvalue weighted by atomic mass is 35.5. The number of rotatable bonds is 4. The van der Waals surface area contributed by atoms with Crippen LogP contribution >= 0.6 is 11.6 Å². The van der Waals surface area contributed by atoms with Crippen LogP contribution in [0.4, 0.5) is 5.69 Å². The molecular formula is C22H18ClNO4. The third-order valence-corrected chi connectivity index (χ3v) is 4.71. The van der Waals surface area contributed by atoms with Gasteiger partial charge in [0.05, 0.1) is 0 Å². The number of nitrogens with one attached hydrogen (secondary N) is 1. The molecule has 1 aliphatic heterocycles. The van der Waals surface area contributed by atoms with E-state index < -0.39 is 6.10 Å². The third-order valence-electron chi connectivity index (χ3n) is 4.48. The number of fused-ring (bicyclic) bond motifs is 1. The lowest BCUT2D eigenvalue weighted by atomic mass is 9.99. The molecule has 0 aromatic heterocycles. The van der Waals surface area contributed by atoms with Gasteiger partial charge in [-0.2, -0.15) is 0 Å². The zero-order valence-electron chi connectivity index (χ0n) is 14.9. The Balaban J connectivity index is 1.62. The minimum Gasteiger partial charge on any atom is -0.486 e. The molecule has 3 aromatic carbocycles. The van der Waals surface area contributed by atoms with E-state index in [-0.39, 0.29) is 5.91 Å². The van der Waals surface area contributed by atoms with Crippen molar-refractivity contribution in [1.29, 1.82) is 0 Å². The number of hydrogen-bond acceptors (Lipinski definition) is 4. The molecule has 0 spiro atoms. The number of carbonyl (C=O) groups is 1. The fourth-order valence-electron chi connectivity index (χ4n) is 3.07. The molecule has 1 aliphatic rings. The SMILES string of the molecule is O=C(Nc1ccc(Cl)cc1[C@@H](O)c1ccccc1)c1ccc2c(c1)OCCO2. The van der Waals surface area contributed by atoms with Crippen LogP contribution in [0.1, 0.15) is 27.6 Å². The van der Waals surface area contributed by atoms with E-state index in [4.69, 9.17) is 21.1 Å². The van der Waals surface area contributed by atoms with Gasteiger partial charge in [0.25, 0.3) is 5.91 Å². The standard InChI is InChI=1S/C22H18ClNO4/c23-16-7-8-18(17(13-16)21(25)14-4-2-1-3-5-14)24-22(26)15-6-9-19-20(12-15)28-11-10-27-19/h1-9,12-13,21,25H,10-11H2,(H,24,26)/t21-/m0/s1. The van der Waals surface area contributed by atoms with Crippen molar-refractivity contribution in [3.8, 4) is 11.5 Å². The van der Waals surface area contributed by atoms with Gasteiger partial charge in [0.2, 0.25) is 0 Å². The lowest BCUT2D eigenvalue weighted by molar-refractivity contribution is 0.102. The summed E-state index contributed by atoms with van der Waals surface area (Å²) in [6, 6.07) is 19.2. The van der Waals surface area contributed by atoms with Crippen molar-refractivity contribution in [2.75, 3.05) is 18.5 Å². The minimum absolute atomic E-state index is 0.319. The Morgan fingerprint density at radius 1 is 0.964 bits per heavy atom. The molecule has 1 amide bonds. The van der Waals surface area contributed by atoms with Crippen LogP contribution in [0, 0.1) is 0 Å². The van der Waals surface area contributed by atoms with Crippen molar-refractivity contribution < 1.29 is 19.4 Å². The second-order valence-corrected chi connectivity index (χ2v) is 6.79. The average molecular weight is 396 g/mol. The van der Waals surface area contributed by atoms with E-state index in [0.29, 0.717) is 52.1 Å². The topological polar surface area (TPSA) is 67.8 Å². The van der Waals surface area contributed by atoms with Crippen molar-refractivity contribution in [3.05, 3.63) is 88.4 Å². The number of anilines is 1. The van der Waals surface area contributed by atoms with Gasteiger partial charge in [-0.15, -0.1) is 0 Å². The van der Waals surface area contributed by atoms with Crippen LogP contribution in [0.25, 0.3) is 0 Å². The van der Waals surface area contributed by atoms with Gasteiger partial charge in [0, 0.05) is 21.8 Å². The predicted octanol–water partition coefficient (Wildman–Crippen LogP) is 4.45. The van der Waals surface area contributed by atoms with Gasteiger partial charge in [0.1, 0.15) is 19.3 Å². The Kier molecular flexibility index (Phi) is 5.19. The fourth-order valence-corrected chi connectivity index (χ4v) is 3.25. The second-order valence-electron chi connectivity index (χ2n) is 6.36. The van der Waals surface area contributed by atoms with Crippen molar-refractivity contribution >= 4 is 23.2 Å². The van der Waals surface area contributed by atoms with Crippen molar-refractivity contribution in [2.45, 2.75) is 6.10 Å². The lowest BCUT2D eigenvalue weighted by Crippen LogP contribution is -2.18. The molecule has 28 heavy (non-hydrogen) atoms. The monoisotopic (exact) mass is 395 g/mol. The first-order valence-electron chi connectivity index (χ1n) is 8.85. The highest BCUT2D eigenvalue weighted by molar-refractivity contribution is 6.30. The highest BCUT2D eigenvalue weighted by Gasteiger charge is 2.19. The summed E-state index contributed by atoms with van der Waals surface area (Å²) >= 11 is 6.13. The Hall–Kier alpha value is -3.02. The number of aliphatic hydroxyl groups is 1. The quantitative estimate of drug-likeness (QED) is 0.685. The Bertz CT molecular complexity index is 1010. The predicted molar refractivity (Wildman–Crippen MR) is 107 cm³/mol. The maximum atomic E-state index is 12.8. The van der Waals surface area contributed by atoms with E-state index in [1.54, 1.807) is 36.4 Å². The van der Waals surface area contributed by atoms with Crippen LogP contribution in [0.15, 0.2) is 66.7 Å². The highest BCUT2D eigenvalue weighted by Crippen LogP contribution is 2.33. The maximum absolute atomic E-state index is 12.8. The molecule has 0 saturated heterocycles. The van der Waals surface area contributed by atoms with Crippen LogP contribution in [0.5, 0.6) is 11.5 Å². The van der Waals surface area contributed by atoms with Gasteiger partial charge >= 0.3 is 0 Å². The van der Waals surface area contributed by atoms with Gasteiger partial charge in [-0.25, -0.2) is 0 Å². The minimum atomic E-state index is -0.921. The van der Waals surface area contributed by atoms with Crippen LogP contribution < -0.4 is 14.8 Å². The average Bonchev–Trinajstić information content (AvgIpc) is 2.74. The summed E-state index contributed by atoms with van der Waals surface area (Å²) in [5.74, 6) is 0.842. The summed E-state index contributed by atoms with van der Waals surface area (Å²) in [5, 5.41) is 14.1. The largest absolute Gasteiger partial charge is 0.486 e. The first kappa shape index (κ1) is 18.3. The van der Waals surface area contributed by atoms with E-state index in [1.807, 2.05) is 30.3 Å². The number of ether oxygens (including phenoxy) is 2. The number of carbonyl (C=O) groups excluding carboxylic acids is 1.